The molecule has 0 aliphatic heterocycles. The molecule has 0 bridgehead atoms. The van der Waals surface area contributed by atoms with Crippen molar-refractivity contribution in [3.05, 3.63) is 93.0 Å². The first-order valence-corrected chi connectivity index (χ1v) is 10.9. The average Bonchev–Trinajstić information content (AvgIpc) is 2.83. The molecule has 1 unspecified atom stereocenters. The molecule has 0 amide bonds. The molecule has 3 aromatic carbocycles. The van der Waals surface area contributed by atoms with Crippen LogP contribution < -0.4 is 0 Å². The molecule has 3 rings (SSSR count). The van der Waals surface area contributed by atoms with Gasteiger partial charge in [0.15, 0.2) is 0 Å². The second-order valence-corrected chi connectivity index (χ2v) is 8.93. The van der Waals surface area contributed by atoms with Crippen LogP contribution in [0.1, 0.15) is 71.2 Å². The Hall–Kier alpha value is -2.90. The molecule has 33 heavy (non-hydrogen) atoms. The van der Waals surface area contributed by atoms with Crippen LogP contribution in [-0.2, 0) is 31.8 Å². The van der Waals surface area contributed by atoms with E-state index < -0.39 is 5.41 Å². The first-order chi connectivity index (χ1) is 15.7. The van der Waals surface area contributed by atoms with Gasteiger partial charge in [-0.25, -0.2) is 0 Å². The third kappa shape index (κ3) is 4.75. The number of aliphatic hydroxyl groups excluding tert-OH is 4. The van der Waals surface area contributed by atoms with Gasteiger partial charge >= 0.3 is 0 Å². The van der Waals surface area contributed by atoms with Crippen LogP contribution in [0.15, 0.2) is 48.5 Å². The molecule has 0 heterocycles. The van der Waals surface area contributed by atoms with Crippen molar-refractivity contribution < 1.29 is 30.6 Å². The summed E-state index contributed by atoms with van der Waals surface area (Å²) >= 11 is 0. The fraction of sp³-hybridized carbons (Fsp3) is 0.333. The summed E-state index contributed by atoms with van der Waals surface area (Å²) in [5, 5.41) is 58.6. The molecule has 6 nitrogen and oxygen atoms in total. The minimum atomic E-state index is -0.448. The Labute approximate surface area is 194 Å². The molecule has 0 saturated heterocycles. The summed E-state index contributed by atoms with van der Waals surface area (Å²) in [4.78, 5) is 0. The maximum Gasteiger partial charge on any atom is 0.126 e. The van der Waals surface area contributed by atoms with Crippen molar-refractivity contribution in [1.29, 1.82) is 0 Å². The van der Waals surface area contributed by atoms with E-state index in [0.29, 0.717) is 22.3 Å². The highest BCUT2D eigenvalue weighted by Crippen LogP contribution is 2.37. The van der Waals surface area contributed by atoms with Gasteiger partial charge in [0.25, 0.3) is 0 Å². The molecule has 0 aliphatic carbocycles. The van der Waals surface area contributed by atoms with E-state index in [4.69, 9.17) is 0 Å². The SMILES string of the molecule is CC(c1ccc(C(C)(C)c2cc(CO)c(O)c(CO)c2)cc1)c1cc(CO)c(O)c(CO)c1. The molecule has 0 fully saturated rings. The topological polar surface area (TPSA) is 121 Å². The molecule has 0 aliphatic rings. The smallest absolute Gasteiger partial charge is 0.126 e. The van der Waals surface area contributed by atoms with Gasteiger partial charge in [-0.2, -0.15) is 0 Å². The third-order valence-corrected chi connectivity index (χ3v) is 6.59. The van der Waals surface area contributed by atoms with Crippen molar-refractivity contribution in [1.82, 2.24) is 0 Å². The van der Waals surface area contributed by atoms with E-state index in [1.165, 1.54) is 0 Å². The van der Waals surface area contributed by atoms with E-state index in [-0.39, 0.29) is 43.8 Å². The molecule has 6 N–H and O–H groups in total. The van der Waals surface area contributed by atoms with Crippen LogP contribution in [0.2, 0.25) is 0 Å². The van der Waals surface area contributed by atoms with Crippen molar-refractivity contribution in [2.24, 2.45) is 0 Å². The molecule has 0 radical (unpaired) electrons. The lowest BCUT2D eigenvalue weighted by Crippen LogP contribution is -2.20. The van der Waals surface area contributed by atoms with Crippen LogP contribution in [0, 0.1) is 0 Å². The zero-order valence-electron chi connectivity index (χ0n) is 19.2. The van der Waals surface area contributed by atoms with Crippen LogP contribution in [0.4, 0.5) is 0 Å². The molecular weight excluding hydrogens is 420 g/mol. The van der Waals surface area contributed by atoms with Gasteiger partial charge in [0, 0.05) is 33.6 Å². The highest BCUT2D eigenvalue weighted by Gasteiger charge is 2.26. The number of aliphatic hydroxyl groups is 4. The van der Waals surface area contributed by atoms with E-state index >= 15 is 0 Å². The first-order valence-electron chi connectivity index (χ1n) is 10.9. The summed E-state index contributed by atoms with van der Waals surface area (Å²) < 4.78 is 0. The fourth-order valence-electron chi connectivity index (χ4n) is 4.19. The number of aromatic hydroxyl groups is 2. The Morgan fingerprint density at radius 1 is 0.606 bits per heavy atom. The Morgan fingerprint density at radius 3 is 1.39 bits per heavy atom. The Morgan fingerprint density at radius 2 is 1.00 bits per heavy atom. The van der Waals surface area contributed by atoms with E-state index in [0.717, 1.165) is 22.3 Å². The monoisotopic (exact) mass is 452 g/mol. The second-order valence-electron chi connectivity index (χ2n) is 8.93. The van der Waals surface area contributed by atoms with Crippen molar-refractivity contribution in [3.63, 3.8) is 0 Å². The molecular formula is C27H32O6. The molecule has 0 saturated carbocycles. The molecule has 0 aromatic heterocycles. The summed E-state index contributed by atoms with van der Waals surface area (Å²) in [6.45, 7) is 4.84. The Bertz CT molecular complexity index is 1070. The van der Waals surface area contributed by atoms with Crippen LogP contribution in [0.25, 0.3) is 0 Å². The minimum absolute atomic E-state index is 0.0333. The number of hydrogen-bond acceptors (Lipinski definition) is 6. The molecule has 176 valence electrons. The van der Waals surface area contributed by atoms with Gasteiger partial charge in [-0.05, 0) is 46.5 Å². The van der Waals surface area contributed by atoms with Crippen molar-refractivity contribution in [3.8, 4) is 11.5 Å². The fourth-order valence-corrected chi connectivity index (χ4v) is 4.19. The predicted molar refractivity (Wildman–Crippen MR) is 126 cm³/mol. The lowest BCUT2D eigenvalue weighted by Gasteiger charge is -2.28. The molecule has 3 aromatic rings. The summed E-state index contributed by atoms with van der Waals surface area (Å²) in [5.41, 5.74) is 4.87. The van der Waals surface area contributed by atoms with Gasteiger partial charge in [0.2, 0.25) is 0 Å². The Balaban J connectivity index is 1.96. The average molecular weight is 453 g/mol. The van der Waals surface area contributed by atoms with Gasteiger partial charge in [-0.15, -0.1) is 0 Å². The maximum atomic E-state index is 10.2. The van der Waals surface area contributed by atoms with E-state index in [1.807, 2.05) is 45.0 Å². The van der Waals surface area contributed by atoms with Crippen LogP contribution in [0.5, 0.6) is 11.5 Å². The normalized spacial score (nSPS) is 12.7. The lowest BCUT2D eigenvalue weighted by atomic mass is 9.76. The van der Waals surface area contributed by atoms with Crippen molar-refractivity contribution >= 4 is 0 Å². The largest absolute Gasteiger partial charge is 0.507 e. The van der Waals surface area contributed by atoms with Crippen LogP contribution >= 0.6 is 0 Å². The summed E-state index contributed by atoms with van der Waals surface area (Å²) in [6, 6.07) is 15.1. The Kier molecular flexibility index (Phi) is 7.44. The summed E-state index contributed by atoms with van der Waals surface area (Å²) in [7, 11) is 0. The van der Waals surface area contributed by atoms with Gasteiger partial charge in [-0.1, -0.05) is 45.0 Å². The van der Waals surface area contributed by atoms with Gasteiger partial charge in [0.05, 0.1) is 26.4 Å². The van der Waals surface area contributed by atoms with Crippen molar-refractivity contribution in [2.45, 2.75) is 58.5 Å². The summed E-state index contributed by atoms with van der Waals surface area (Å²) in [6.07, 6.45) is 0. The quantitative estimate of drug-likeness (QED) is 0.311. The van der Waals surface area contributed by atoms with Gasteiger partial charge < -0.3 is 30.6 Å². The highest BCUT2D eigenvalue weighted by molar-refractivity contribution is 5.50. The van der Waals surface area contributed by atoms with Gasteiger partial charge in [-0.3, -0.25) is 0 Å². The minimum Gasteiger partial charge on any atom is -0.507 e. The van der Waals surface area contributed by atoms with E-state index in [1.54, 1.807) is 24.3 Å². The number of phenols is 2. The predicted octanol–water partition coefficient (Wildman–Crippen LogP) is 3.54. The highest BCUT2D eigenvalue weighted by atomic mass is 16.3. The van der Waals surface area contributed by atoms with E-state index in [9.17, 15) is 30.6 Å². The zero-order valence-corrected chi connectivity index (χ0v) is 19.2. The molecule has 1 atom stereocenters. The molecule has 0 spiro atoms. The first kappa shape index (κ1) is 24.7. The number of benzene rings is 3. The van der Waals surface area contributed by atoms with E-state index in [2.05, 4.69) is 0 Å². The summed E-state index contributed by atoms with van der Waals surface area (Å²) in [5.74, 6) is -0.192. The maximum absolute atomic E-state index is 10.2. The third-order valence-electron chi connectivity index (χ3n) is 6.59. The lowest BCUT2D eigenvalue weighted by molar-refractivity contribution is 0.262. The zero-order chi connectivity index (χ0) is 24.3. The molecule has 6 heteroatoms. The second kappa shape index (κ2) is 9.93. The van der Waals surface area contributed by atoms with Crippen LogP contribution in [-0.4, -0.2) is 30.6 Å². The van der Waals surface area contributed by atoms with Gasteiger partial charge in [0.1, 0.15) is 11.5 Å². The standard InChI is InChI=1S/C27H32O6/c1-16(18-8-19(12-28)25(32)20(9-18)13-29)17-4-6-23(7-5-17)27(2,3)24-10-21(14-30)26(33)22(11-24)15-31/h4-11,16,28-33H,12-15H2,1-3H3. The van der Waals surface area contributed by atoms with Crippen molar-refractivity contribution in [2.75, 3.05) is 0 Å². The van der Waals surface area contributed by atoms with Crippen LogP contribution in [0.3, 0.4) is 0 Å². The number of hydrogen-bond donors (Lipinski definition) is 6. The number of rotatable bonds is 8.